The lowest BCUT2D eigenvalue weighted by Crippen LogP contribution is -2.38. The molecule has 2 heterocycles. The van der Waals surface area contributed by atoms with Crippen molar-refractivity contribution in [1.82, 2.24) is 9.21 Å². The van der Waals surface area contributed by atoms with E-state index >= 15 is 0 Å². The molecule has 0 aromatic carbocycles. The summed E-state index contributed by atoms with van der Waals surface area (Å²) in [5, 5.41) is 1.75. The third-order valence-electron chi connectivity index (χ3n) is 4.16. The molecule has 1 fully saturated rings. The fourth-order valence-electron chi connectivity index (χ4n) is 2.55. The van der Waals surface area contributed by atoms with Crippen molar-refractivity contribution in [3.8, 4) is 0 Å². The van der Waals surface area contributed by atoms with E-state index in [0.717, 1.165) is 25.9 Å². The Morgan fingerprint density at radius 2 is 2.09 bits per heavy atom. The standard InChI is InChI=1S/C15H24N2O3S2/c1-13-7-10-17(11-8-13)14(18)5-3-9-16(2)22(19,20)15-6-4-12-21-15/h4,6,12-13H,3,5,7-11H2,1-2H3. The molecule has 22 heavy (non-hydrogen) atoms. The van der Waals surface area contributed by atoms with Crippen LogP contribution in [0.1, 0.15) is 32.6 Å². The molecule has 2 rings (SSSR count). The molecule has 0 aliphatic carbocycles. The summed E-state index contributed by atoms with van der Waals surface area (Å²) in [5.74, 6) is 0.847. The quantitative estimate of drug-likeness (QED) is 0.796. The highest BCUT2D eigenvalue weighted by Crippen LogP contribution is 2.20. The van der Waals surface area contributed by atoms with Gasteiger partial charge in [0, 0.05) is 33.1 Å². The average Bonchev–Trinajstić information content (AvgIpc) is 3.02. The monoisotopic (exact) mass is 344 g/mol. The van der Waals surface area contributed by atoms with E-state index in [1.165, 1.54) is 15.6 Å². The second kappa shape index (κ2) is 7.57. The van der Waals surface area contributed by atoms with Crippen molar-refractivity contribution in [2.75, 3.05) is 26.7 Å². The smallest absolute Gasteiger partial charge is 0.252 e. The maximum atomic E-state index is 12.2. The Balaban J connectivity index is 1.77. The van der Waals surface area contributed by atoms with Crippen molar-refractivity contribution in [1.29, 1.82) is 0 Å². The summed E-state index contributed by atoms with van der Waals surface area (Å²) in [6, 6.07) is 3.34. The van der Waals surface area contributed by atoms with Crippen molar-refractivity contribution < 1.29 is 13.2 Å². The Kier molecular flexibility index (Phi) is 6.00. The van der Waals surface area contributed by atoms with Crippen LogP contribution in [0.25, 0.3) is 0 Å². The number of rotatable bonds is 6. The average molecular weight is 345 g/mol. The Morgan fingerprint density at radius 1 is 1.41 bits per heavy atom. The number of sulfonamides is 1. The van der Waals surface area contributed by atoms with Gasteiger partial charge >= 0.3 is 0 Å². The van der Waals surface area contributed by atoms with Crippen LogP contribution in [-0.4, -0.2) is 50.2 Å². The van der Waals surface area contributed by atoms with E-state index in [0.29, 0.717) is 29.5 Å². The predicted octanol–water partition coefficient (Wildman–Crippen LogP) is 2.41. The fourth-order valence-corrected chi connectivity index (χ4v) is 4.96. The highest BCUT2D eigenvalue weighted by atomic mass is 32.2. The minimum atomic E-state index is -3.40. The van der Waals surface area contributed by atoms with Crippen molar-refractivity contribution in [2.45, 2.75) is 36.8 Å². The SMILES string of the molecule is CC1CCN(C(=O)CCCN(C)S(=O)(=O)c2cccs2)CC1. The van der Waals surface area contributed by atoms with E-state index in [4.69, 9.17) is 0 Å². The lowest BCUT2D eigenvalue weighted by Gasteiger charge is -2.30. The molecule has 1 aromatic heterocycles. The van der Waals surface area contributed by atoms with Gasteiger partial charge in [-0.25, -0.2) is 12.7 Å². The molecule has 7 heteroatoms. The van der Waals surface area contributed by atoms with Crippen LogP contribution in [0.4, 0.5) is 0 Å². The van der Waals surface area contributed by atoms with Crippen LogP contribution in [-0.2, 0) is 14.8 Å². The van der Waals surface area contributed by atoms with Crippen LogP contribution in [0.15, 0.2) is 21.7 Å². The van der Waals surface area contributed by atoms with Gasteiger partial charge in [-0.05, 0) is 36.6 Å². The first kappa shape index (κ1) is 17.4. The summed E-state index contributed by atoms with van der Waals surface area (Å²) < 4.78 is 26.2. The number of amides is 1. The highest BCUT2D eigenvalue weighted by molar-refractivity contribution is 7.91. The van der Waals surface area contributed by atoms with Gasteiger partial charge in [0.15, 0.2) is 0 Å². The Labute approximate surface area is 137 Å². The zero-order valence-corrected chi connectivity index (χ0v) is 14.8. The first-order chi connectivity index (χ1) is 10.4. The number of piperidine rings is 1. The van der Waals surface area contributed by atoms with E-state index < -0.39 is 10.0 Å². The summed E-state index contributed by atoms with van der Waals surface area (Å²) in [6.45, 7) is 4.26. The Morgan fingerprint density at radius 3 is 2.68 bits per heavy atom. The maximum absolute atomic E-state index is 12.2. The van der Waals surface area contributed by atoms with Crippen LogP contribution in [0.2, 0.25) is 0 Å². The van der Waals surface area contributed by atoms with Gasteiger partial charge in [-0.2, -0.15) is 0 Å². The molecule has 0 bridgehead atoms. The number of thiophene rings is 1. The molecular formula is C15H24N2O3S2. The number of nitrogens with zero attached hydrogens (tertiary/aromatic N) is 2. The summed E-state index contributed by atoms with van der Waals surface area (Å²) >= 11 is 1.22. The second-order valence-electron chi connectivity index (χ2n) is 5.93. The Bertz CT molecular complexity index is 576. The summed E-state index contributed by atoms with van der Waals surface area (Å²) in [6.07, 6.45) is 3.11. The van der Waals surface area contributed by atoms with Gasteiger partial charge in [0.2, 0.25) is 5.91 Å². The van der Waals surface area contributed by atoms with Crippen LogP contribution in [0.5, 0.6) is 0 Å². The van der Waals surface area contributed by atoms with Gasteiger partial charge in [-0.1, -0.05) is 13.0 Å². The van der Waals surface area contributed by atoms with Crippen LogP contribution in [0, 0.1) is 5.92 Å². The number of carbonyl (C=O) groups is 1. The number of hydrogen-bond acceptors (Lipinski definition) is 4. The molecule has 124 valence electrons. The Hall–Kier alpha value is -0.920. The molecule has 1 aliphatic heterocycles. The van der Waals surface area contributed by atoms with Gasteiger partial charge in [-0.15, -0.1) is 11.3 Å². The van der Waals surface area contributed by atoms with E-state index in [-0.39, 0.29) is 5.91 Å². The van der Waals surface area contributed by atoms with Crippen molar-refractivity contribution >= 4 is 27.3 Å². The minimum Gasteiger partial charge on any atom is -0.343 e. The zero-order valence-electron chi connectivity index (χ0n) is 13.2. The van der Waals surface area contributed by atoms with Crippen molar-refractivity contribution in [2.24, 2.45) is 5.92 Å². The molecular weight excluding hydrogens is 320 g/mol. The van der Waals surface area contributed by atoms with Crippen molar-refractivity contribution in [3.63, 3.8) is 0 Å². The molecule has 5 nitrogen and oxygen atoms in total. The lowest BCUT2D eigenvalue weighted by molar-refractivity contribution is -0.132. The van der Waals surface area contributed by atoms with Gasteiger partial charge in [0.05, 0.1) is 0 Å². The van der Waals surface area contributed by atoms with Crippen LogP contribution >= 0.6 is 11.3 Å². The summed E-state index contributed by atoms with van der Waals surface area (Å²) in [5.41, 5.74) is 0. The first-order valence-corrected chi connectivity index (χ1v) is 10.0. The molecule has 1 saturated heterocycles. The molecule has 1 aliphatic rings. The minimum absolute atomic E-state index is 0.147. The summed E-state index contributed by atoms with van der Waals surface area (Å²) in [4.78, 5) is 14.0. The maximum Gasteiger partial charge on any atom is 0.252 e. The normalized spacial score (nSPS) is 17.1. The van der Waals surface area contributed by atoms with Crippen molar-refractivity contribution in [3.05, 3.63) is 17.5 Å². The molecule has 0 spiro atoms. The topological polar surface area (TPSA) is 57.7 Å². The van der Waals surface area contributed by atoms with E-state index in [1.54, 1.807) is 24.6 Å². The third-order valence-corrected chi connectivity index (χ3v) is 7.39. The number of likely N-dealkylation sites (tertiary alicyclic amines) is 1. The molecule has 0 N–H and O–H groups in total. The van der Waals surface area contributed by atoms with Crippen LogP contribution < -0.4 is 0 Å². The van der Waals surface area contributed by atoms with E-state index in [1.807, 2.05) is 4.90 Å². The fraction of sp³-hybridized carbons (Fsp3) is 0.667. The molecule has 0 atom stereocenters. The molecule has 1 amide bonds. The molecule has 0 saturated carbocycles. The predicted molar refractivity (Wildman–Crippen MR) is 88.3 cm³/mol. The van der Waals surface area contributed by atoms with Crippen LogP contribution in [0.3, 0.4) is 0 Å². The third kappa shape index (κ3) is 4.30. The van der Waals surface area contributed by atoms with Gasteiger partial charge in [0.25, 0.3) is 10.0 Å². The highest BCUT2D eigenvalue weighted by Gasteiger charge is 2.23. The summed E-state index contributed by atoms with van der Waals surface area (Å²) in [7, 11) is -1.83. The second-order valence-corrected chi connectivity index (χ2v) is 9.14. The van der Waals surface area contributed by atoms with Gasteiger partial charge in [-0.3, -0.25) is 4.79 Å². The van der Waals surface area contributed by atoms with Gasteiger partial charge in [0.1, 0.15) is 4.21 Å². The first-order valence-electron chi connectivity index (χ1n) is 7.69. The van der Waals surface area contributed by atoms with E-state index in [9.17, 15) is 13.2 Å². The number of carbonyl (C=O) groups excluding carboxylic acids is 1. The van der Waals surface area contributed by atoms with E-state index in [2.05, 4.69) is 6.92 Å². The zero-order chi connectivity index (χ0) is 16.2. The van der Waals surface area contributed by atoms with Gasteiger partial charge < -0.3 is 4.90 Å². The number of hydrogen-bond donors (Lipinski definition) is 0. The largest absolute Gasteiger partial charge is 0.343 e. The molecule has 1 aromatic rings. The molecule has 0 radical (unpaired) electrons. The molecule has 0 unspecified atom stereocenters. The lowest BCUT2D eigenvalue weighted by atomic mass is 9.99.